The molecule has 2 saturated heterocycles. The van der Waals surface area contributed by atoms with Gasteiger partial charge in [-0.1, -0.05) is 19.3 Å². The lowest BCUT2D eigenvalue weighted by atomic mass is 9.71. The van der Waals surface area contributed by atoms with Gasteiger partial charge in [-0.15, -0.1) is 10.2 Å². The van der Waals surface area contributed by atoms with Crippen LogP contribution in [0.25, 0.3) is 0 Å². The smallest absolute Gasteiger partial charge is 0.225 e. The van der Waals surface area contributed by atoms with E-state index in [0.717, 1.165) is 64.4 Å². The molecule has 25 heavy (non-hydrogen) atoms. The van der Waals surface area contributed by atoms with E-state index < -0.39 is 0 Å². The van der Waals surface area contributed by atoms with Gasteiger partial charge in [0.2, 0.25) is 5.91 Å². The number of amides is 1. The minimum absolute atomic E-state index is 0.114. The molecule has 0 N–H and O–H groups in total. The second-order valence-corrected chi connectivity index (χ2v) is 8.06. The Bertz CT molecular complexity index is 602. The van der Waals surface area contributed by atoms with Crippen molar-refractivity contribution in [3.63, 3.8) is 0 Å². The van der Waals surface area contributed by atoms with Gasteiger partial charge in [-0.25, -0.2) is 0 Å². The van der Waals surface area contributed by atoms with Crippen LogP contribution in [0.2, 0.25) is 0 Å². The molecule has 0 bridgehead atoms. The summed E-state index contributed by atoms with van der Waals surface area (Å²) in [5, 5.41) is 8.61. The normalized spacial score (nSPS) is 27.1. The lowest BCUT2D eigenvalue weighted by Crippen LogP contribution is -2.39. The highest BCUT2D eigenvalue weighted by Crippen LogP contribution is 2.49. The van der Waals surface area contributed by atoms with E-state index in [-0.39, 0.29) is 17.3 Å². The van der Waals surface area contributed by atoms with E-state index in [1.807, 2.05) is 6.33 Å². The van der Waals surface area contributed by atoms with Gasteiger partial charge in [0, 0.05) is 50.1 Å². The predicted molar refractivity (Wildman–Crippen MR) is 94.1 cm³/mol. The molecule has 3 fully saturated rings. The molecule has 6 heteroatoms. The minimum atomic E-state index is 0.114. The van der Waals surface area contributed by atoms with Gasteiger partial charge in [0.05, 0.1) is 0 Å². The number of rotatable bonds is 3. The minimum Gasteiger partial charge on any atom is -0.381 e. The molecule has 1 saturated carbocycles. The Hall–Kier alpha value is -1.43. The first-order valence-electron chi connectivity index (χ1n) is 9.98. The zero-order valence-electron chi connectivity index (χ0n) is 15.3. The number of carbonyl (C=O) groups is 1. The molecule has 0 radical (unpaired) electrons. The van der Waals surface area contributed by atoms with Gasteiger partial charge >= 0.3 is 0 Å². The summed E-state index contributed by atoms with van der Waals surface area (Å²) in [6.45, 7) is 6.26. The van der Waals surface area contributed by atoms with E-state index in [1.165, 1.54) is 19.3 Å². The van der Waals surface area contributed by atoms with Gasteiger partial charge in [0.15, 0.2) is 0 Å². The number of aromatic nitrogens is 3. The molecular formula is C19H30N4O2. The zero-order chi connectivity index (χ0) is 17.3. The third kappa shape index (κ3) is 3.09. The Morgan fingerprint density at radius 3 is 2.76 bits per heavy atom. The van der Waals surface area contributed by atoms with Crippen LogP contribution in [-0.2, 0) is 16.1 Å². The largest absolute Gasteiger partial charge is 0.381 e. The molecule has 2 aliphatic heterocycles. The molecule has 3 aliphatic rings. The number of carbonyl (C=O) groups excluding carboxylic acids is 1. The van der Waals surface area contributed by atoms with Crippen molar-refractivity contribution >= 4 is 5.91 Å². The quantitative estimate of drug-likeness (QED) is 0.844. The Morgan fingerprint density at radius 1 is 1.28 bits per heavy atom. The monoisotopic (exact) mass is 346 g/mol. The van der Waals surface area contributed by atoms with E-state index in [9.17, 15) is 4.79 Å². The summed E-state index contributed by atoms with van der Waals surface area (Å²) >= 11 is 0. The van der Waals surface area contributed by atoms with Crippen LogP contribution in [0.15, 0.2) is 6.33 Å². The van der Waals surface area contributed by atoms with Crippen molar-refractivity contribution in [2.45, 2.75) is 64.3 Å². The number of hydrogen-bond donors (Lipinski definition) is 0. The molecule has 1 spiro atoms. The fourth-order valence-electron chi connectivity index (χ4n) is 5.16. The van der Waals surface area contributed by atoms with Crippen LogP contribution in [-0.4, -0.2) is 51.9 Å². The van der Waals surface area contributed by atoms with Crippen LogP contribution in [0.3, 0.4) is 0 Å². The highest BCUT2D eigenvalue weighted by atomic mass is 16.5. The van der Waals surface area contributed by atoms with Crippen molar-refractivity contribution < 1.29 is 9.53 Å². The van der Waals surface area contributed by atoms with Gasteiger partial charge in [-0.05, 0) is 32.6 Å². The predicted octanol–water partition coefficient (Wildman–Crippen LogP) is 2.60. The summed E-state index contributed by atoms with van der Waals surface area (Å²) in [6.07, 6.45) is 9.70. The molecule has 6 nitrogen and oxygen atoms in total. The summed E-state index contributed by atoms with van der Waals surface area (Å²) in [6, 6.07) is 0. The number of aryl methyl sites for hydroxylation is 1. The Morgan fingerprint density at radius 2 is 2.04 bits per heavy atom. The topological polar surface area (TPSA) is 60.2 Å². The Kier molecular flexibility index (Phi) is 4.80. The van der Waals surface area contributed by atoms with Gasteiger partial charge < -0.3 is 14.2 Å². The van der Waals surface area contributed by atoms with E-state index in [2.05, 4.69) is 26.6 Å². The first-order valence-corrected chi connectivity index (χ1v) is 9.98. The Balaban J connectivity index is 1.59. The van der Waals surface area contributed by atoms with Crippen LogP contribution < -0.4 is 0 Å². The molecule has 1 aliphatic carbocycles. The van der Waals surface area contributed by atoms with Crippen molar-refractivity contribution in [1.29, 1.82) is 0 Å². The molecule has 3 heterocycles. The summed E-state index contributed by atoms with van der Waals surface area (Å²) in [5.74, 6) is 1.97. The van der Waals surface area contributed by atoms with Crippen LogP contribution in [0, 0.1) is 11.3 Å². The van der Waals surface area contributed by atoms with E-state index >= 15 is 0 Å². The average Bonchev–Trinajstić information content (AvgIpc) is 3.27. The van der Waals surface area contributed by atoms with Crippen LogP contribution in [0.1, 0.15) is 63.6 Å². The number of hydrogen-bond acceptors (Lipinski definition) is 4. The third-order valence-electron chi connectivity index (χ3n) is 6.70. The molecule has 1 aromatic heterocycles. The number of ether oxygens (including phenoxy) is 1. The molecule has 1 amide bonds. The van der Waals surface area contributed by atoms with E-state index in [4.69, 9.17) is 4.74 Å². The lowest BCUT2D eigenvalue weighted by Gasteiger charge is -2.37. The van der Waals surface area contributed by atoms with Crippen molar-refractivity contribution in [3.8, 4) is 0 Å². The molecule has 0 aromatic carbocycles. The standard InChI is InChI=1S/C19H30N4O2/c1-2-22-14-20-21-17(22)16-12-23(13-19(16)8-10-25-11-9-19)18(24)15-6-4-3-5-7-15/h14-16H,2-13H2,1H3. The third-order valence-corrected chi connectivity index (χ3v) is 6.70. The first-order chi connectivity index (χ1) is 12.2. The maximum absolute atomic E-state index is 13.1. The molecule has 1 atom stereocenters. The molecular weight excluding hydrogens is 316 g/mol. The van der Waals surface area contributed by atoms with Gasteiger partial charge in [-0.2, -0.15) is 0 Å². The van der Waals surface area contributed by atoms with Crippen LogP contribution in [0.5, 0.6) is 0 Å². The lowest BCUT2D eigenvalue weighted by molar-refractivity contribution is -0.136. The summed E-state index contributed by atoms with van der Waals surface area (Å²) in [4.78, 5) is 15.3. The SMILES string of the molecule is CCn1cnnc1C1CN(C(=O)C2CCCCC2)CC12CCOCC2. The number of nitrogens with zero attached hydrogens (tertiary/aromatic N) is 4. The van der Waals surface area contributed by atoms with Crippen molar-refractivity contribution in [2.75, 3.05) is 26.3 Å². The maximum Gasteiger partial charge on any atom is 0.225 e. The molecule has 1 aromatic rings. The van der Waals surface area contributed by atoms with E-state index in [0.29, 0.717) is 5.91 Å². The fraction of sp³-hybridized carbons (Fsp3) is 0.842. The van der Waals surface area contributed by atoms with Crippen molar-refractivity contribution in [3.05, 3.63) is 12.2 Å². The fourth-order valence-corrected chi connectivity index (χ4v) is 5.16. The van der Waals surface area contributed by atoms with Gasteiger partial charge in [-0.3, -0.25) is 4.79 Å². The first kappa shape index (κ1) is 17.0. The maximum atomic E-state index is 13.1. The highest BCUT2D eigenvalue weighted by molar-refractivity contribution is 5.79. The van der Waals surface area contributed by atoms with Crippen LogP contribution in [0.4, 0.5) is 0 Å². The van der Waals surface area contributed by atoms with Crippen molar-refractivity contribution in [2.24, 2.45) is 11.3 Å². The average molecular weight is 346 g/mol. The summed E-state index contributed by atoms with van der Waals surface area (Å²) in [5.41, 5.74) is 0.114. The zero-order valence-corrected chi connectivity index (χ0v) is 15.3. The van der Waals surface area contributed by atoms with Gasteiger partial charge in [0.1, 0.15) is 12.2 Å². The summed E-state index contributed by atoms with van der Waals surface area (Å²) < 4.78 is 7.79. The van der Waals surface area contributed by atoms with E-state index in [1.54, 1.807) is 0 Å². The number of likely N-dealkylation sites (tertiary alicyclic amines) is 1. The van der Waals surface area contributed by atoms with Gasteiger partial charge in [0.25, 0.3) is 0 Å². The molecule has 138 valence electrons. The molecule has 1 unspecified atom stereocenters. The second-order valence-electron chi connectivity index (χ2n) is 8.06. The Labute approximate surface area is 149 Å². The highest BCUT2D eigenvalue weighted by Gasteiger charge is 2.51. The van der Waals surface area contributed by atoms with Crippen LogP contribution >= 0.6 is 0 Å². The summed E-state index contributed by atoms with van der Waals surface area (Å²) in [7, 11) is 0. The second kappa shape index (κ2) is 7.06. The van der Waals surface area contributed by atoms with Crippen molar-refractivity contribution in [1.82, 2.24) is 19.7 Å². The molecule has 4 rings (SSSR count).